The second-order valence-electron chi connectivity index (χ2n) is 4.58. The van der Waals surface area contributed by atoms with Gasteiger partial charge in [-0.15, -0.1) is 0 Å². The van der Waals surface area contributed by atoms with Gasteiger partial charge in [0.1, 0.15) is 5.76 Å². The van der Waals surface area contributed by atoms with E-state index in [9.17, 15) is 4.79 Å². The van der Waals surface area contributed by atoms with Crippen molar-refractivity contribution in [3.63, 3.8) is 0 Å². The van der Waals surface area contributed by atoms with Crippen molar-refractivity contribution in [3.8, 4) is 0 Å². The van der Waals surface area contributed by atoms with Gasteiger partial charge in [0.25, 0.3) is 0 Å². The zero-order valence-corrected chi connectivity index (χ0v) is 15.7. The van der Waals surface area contributed by atoms with Crippen LogP contribution in [0.15, 0.2) is 30.9 Å². The number of ether oxygens (including phenoxy) is 1. The molecule has 0 aromatic heterocycles. The Balaban J connectivity index is 0.00000112. The van der Waals surface area contributed by atoms with Gasteiger partial charge in [0.05, 0.1) is 7.11 Å². The van der Waals surface area contributed by atoms with Crippen molar-refractivity contribution in [1.29, 1.82) is 0 Å². The number of rotatable bonds is 3. The summed E-state index contributed by atoms with van der Waals surface area (Å²) in [4.78, 5) is 12.3. The van der Waals surface area contributed by atoms with Gasteiger partial charge in [0.15, 0.2) is 5.78 Å². The summed E-state index contributed by atoms with van der Waals surface area (Å²) in [5.41, 5.74) is 5.18. The highest BCUT2D eigenvalue weighted by molar-refractivity contribution is 6.33. The third-order valence-corrected chi connectivity index (χ3v) is 3.63. The Hall–Kier alpha value is -2.09. The zero-order chi connectivity index (χ0) is 18.2. The number of carbonyl (C=O) groups is 1. The van der Waals surface area contributed by atoms with Crippen LogP contribution in [0.25, 0.3) is 17.4 Å². The van der Waals surface area contributed by atoms with Crippen molar-refractivity contribution in [1.82, 2.24) is 0 Å². The van der Waals surface area contributed by atoms with Crippen LogP contribution >= 0.6 is 0 Å². The summed E-state index contributed by atoms with van der Waals surface area (Å²) >= 11 is 0. The minimum atomic E-state index is -0.0414. The number of methoxy groups -OCH3 is 1. The molecule has 0 aliphatic heterocycles. The Morgan fingerprint density at radius 3 is 2.17 bits per heavy atom. The molecule has 0 spiro atoms. The maximum absolute atomic E-state index is 12.3. The van der Waals surface area contributed by atoms with Crippen molar-refractivity contribution >= 4 is 23.2 Å². The number of benzene rings is 1. The molecule has 0 N–H and O–H groups in total. The van der Waals surface area contributed by atoms with E-state index < -0.39 is 0 Å². The Bertz CT molecular complexity index is 619. The molecule has 2 nitrogen and oxygen atoms in total. The molecule has 0 fully saturated rings. The Morgan fingerprint density at radius 1 is 1.17 bits per heavy atom. The van der Waals surface area contributed by atoms with Crippen LogP contribution in [0.5, 0.6) is 0 Å². The summed E-state index contributed by atoms with van der Waals surface area (Å²) in [6, 6.07) is 3.99. The molecule has 1 aliphatic rings. The van der Waals surface area contributed by atoms with Crippen molar-refractivity contribution in [2.45, 2.75) is 48.0 Å². The molecule has 126 valence electrons. The zero-order valence-electron chi connectivity index (χ0n) is 15.7. The molecule has 1 aromatic rings. The first-order chi connectivity index (χ1) is 11.1. The van der Waals surface area contributed by atoms with Crippen LogP contribution in [0.1, 0.15) is 63.8 Å². The SMILES string of the molecule is C=Cc1ccc2c(c1CC)C(=C)C(=O)C(C)=C2OC.CC.CC. The molecule has 0 radical (unpaired) electrons. The summed E-state index contributed by atoms with van der Waals surface area (Å²) in [7, 11) is 1.59. The Morgan fingerprint density at radius 2 is 1.74 bits per heavy atom. The molecule has 0 saturated carbocycles. The van der Waals surface area contributed by atoms with Gasteiger partial charge < -0.3 is 4.74 Å². The van der Waals surface area contributed by atoms with Gasteiger partial charge >= 0.3 is 0 Å². The van der Waals surface area contributed by atoms with E-state index in [0.717, 1.165) is 28.7 Å². The van der Waals surface area contributed by atoms with E-state index in [0.29, 0.717) is 16.9 Å². The van der Waals surface area contributed by atoms with Gasteiger partial charge in [-0.1, -0.05) is 66.0 Å². The second-order valence-corrected chi connectivity index (χ2v) is 4.58. The number of allylic oxidation sites excluding steroid dienone is 2. The maximum Gasteiger partial charge on any atom is 0.192 e. The van der Waals surface area contributed by atoms with E-state index in [2.05, 4.69) is 20.1 Å². The summed E-state index contributed by atoms with van der Waals surface area (Å²) in [6.07, 6.45) is 2.64. The average Bonchev–Trinajstić information content (AvgIpc) is 2.62. The second kappa shape index (κ2) is 9.83. The standard InChI is InChI=1S/C17H18O2.2C2H6/c1-6-12-8-9-14-15(13(12)7-2)10(3)16(18)11(4)17(14)19-5;2*1-2/h6,8-9H,1,3,7H2,2,4-5H3;2*1-2H3. The molecule has 0 amide bonds. The average molecular weight is 314 g/mol. The fourth-order valence-electron chi connectivity index (χ4n) is 2.68. The van der Waals surface area contributed by atoms with Crippen LogP contribution in [0, 0.1) is 0 Å². The normalized spacial score (nSPS) is 12.5. The third-order valence-electron chi connectivity index (χ3n) is 3.63. The topological polar surface area (TPSA) is 26.3 Å². The summed E-state index contributed by atoms with van der Waals surface area (Å²) in [5.74, 6) is 0.609. The molecule has 2 heteroatoms. The first-order valence-electron chi connectivity index (χ1n) is 8.34. The van der Waals surface area contributed by atoms with Crippen LogP contribution in [-0.4, -0.2) is 12.9 Å². The molecule has 2 rings (SSSR count). The molecule has 0 saturated heterocycles. The van der Waals surface area contributed by atoms with Gasteiger partial charge in [0.2, 0.25) is 0 Å². The minimum Gasteiger partial charge on any atom is -0.496 e. The summed E-state index contributed by atoms with van der Waals surface area (Å²) in [6.45, 7) is 19.6. The maximum atomic E-state index is 12.3. The highest BCUT2D eigenvalue weighted by atomic mass is 16.5. The van der Waals surface area contributed by atoms with E-state index >= 15 is 0 Å². The first kappa shape index (κ1) is 20.9. The molecule has 0 atom stereocenters. The van der Waals surface area contributed by atoms with Gasteiger partial charge in [-0.3, -0.25) is 4.79 Å². The molecule has 0 heterocycles. The fraction of sp³-hybridized carbons (Fsp3) is 0.381. The van der Waals surface area contributed by atoms with E-state index in [1.807, 2.05) is 45.9 Å². The fourth-order valence-corrected chi connectivity index (χ4v) is 2.68. The number of carbonyl (C=O) groups excluding carboxylic acids is 1. The number of fused-ring (bicyclic) bond motifs is 1. The lowest BCUT2D eigenvalue weighted by Gasteiger charge is -2.24. The van der Waals surface area contributed by atoms with Crippen LogP contribution in [-0.2, 0) is 16.0 Å². The Labute approximate surface area is 141 Å². The number of hydrogen-bond acceptors (Lipinski definition) is 2. The van der Waals surface area contributed by atoms with Gasteiger partial charge in [-0.05, 0) is 30.0 Å². The molecule has 0 bridgehead atoms. The lowest BCUT2D eigenvalue weighted by Crippen LogP contribution is -2.16. The van der Waals surface area contributed by atoms with Gasteiger partial charge in [-0.25, -0.2) is 0 Å². The third kappa shape index (κ3) is 3.82. The van der Waals surface area contributed by atoms with Gasteiger partial charge in [0, 0.05) is 16.7 Å². The monoisotopic (exact) mass is 314 g/mol. The van der Waals surface area contributed by atoms with Gasteiger partial charge in [-0.2, -0.15) is 0 Å². The molecule has 0 unspecified atom stereocenters. The van der Waals surface area contributed by atoms with Crippen LogP contribution in [0.4, 0.5) is 0 Å². The molecular formula is C21H30O2. The van der Waals surface area contributed by atoms with Crippen molar-refractivity contribution in [3.05, 3.63) is 53.1 Å². The number of Topliss-reactive ketones (excluding diaryl/α,β-unsaturated/α-hetero) is 1. The van der Waals surface area contributed by atoms with E-state index in [1.54, 1.807) is 14.0 Å². The predicted octanol–water partition coefficient (Wildman–Crippen LogP) is 5.92. The summed E-state index contributed by atoms with van der Waals surface area (Å²) < 4.78 is 5.41. The highest BCUT2D eigenvalue weighted by Gasteiger charge is 2.29. The summed E-state index contributed by atoms with van der Waals surface area (Å²) in [5, 5.41) is 0. The quantitative estimate of drug-likeness (QED) is 0.647. The van der Waals surface area contributed by atoms with Crippen molar-refractivity contribution in [2.75, 3.05) is 7.11 Å². The van der Waals surface area contributed by atoms with Crippen LogP contribution in [0.3, 0.4) is 0 Å². The number of ketones is 1. The Kier molecular flexibility index (Phi) is 8.94. The van der Waals surface area contributed by atoms with E-state index in [1.165, 1.54) is 0 Å². The minimum absolute atomic E-state index is 0.0414. The van der Waals surface area contributed by atoms with Crippen molar-refractivity contribution < 1.29 is 9.53 Å². The van der Waals surface area contributed by atoms with E-state index in [4.69, 9.17) is 4.74 Å². The largest absolute Gasteiger partial charge is 0.496 e. The lowest BCUT2D eigenvalue weighted by atomic mass is 9.81. The smallest absolute Gasteiger partial charge is 0.192 e. The van der Waals surface area contributed by atoms with Crippen LogP contribution in [0.2, 0.25) is 0 Å². The van der Waals surface area contributed by atoms with Crippen molar-refractivity contribution in [2.24, 2.45) is 0 Å². The first-order valence-corrected chi connectivity index (χ1v) is 8.34. The van der Waals surface area contributed by atoms with Crippen LogP contribution < -0.4 is 0 Å². The number of hydrogen-bond donors (Lipinski definition) is 0. The lowest BCUT2D eigenvalue weighted by molar-refractivity contribution is -0.110. The molecule has 1 aromatic carbocycles. The molecule has 23 heavy (non-hydrogen) atoms. The van der Waals surface area contributed by atoms with E-state index in [-0.39, 0.29) is 5.78 Å². The highest BCUT2D eigenvalue weighted by Crippen LogP contribution is 2.38. The molecule has 1 aliphatic carbocycles. The molecular weight excluding hydrogens is 284 g/mol. The predicted molar refractivity (Wildman–Crippen MR) is 102 cm³/mol.